The topological polar surface area (TPSA) is 63.1 Å². The number of benzene rings is 1. The first kappa shape index (κ1) is 20.3. The molecule has 2 saturated heterocycles. The largest absolute Gasteiger partial charge is 0.378 e. The van der Waals surface area contributed by atoms with Gasteiger partial charge in [-0.1, -0.05) is 12.1 Å². The Morgan fingerprint density at radius 2 is 1.21 bits per heavy atom. The number of hydrogen-bond donors (Lipinski definition) is 0. The lowest BCUT2D eigenvalue weighted by Gasteiger charge is -2.28. The van der Waals surface area contributed by atoms with Gasteiger partial charge in [0.15, 0.2) is 0 Å². The molecule has 3 aromatic rings. The minimum Gasteiger partial charge on any atom is -0.378 e. The average Bonchev–Trinajstić information content (AvgIpc) is 3.33. The minimum atomic E-state index is 0.718. The number of fused-ring (bicyclic) bond motifs is 1. The summed E-state index contributed by atoms with van der Waals surface area (Å²) in [5.41, 5.74) is 6.99. The normalized spacial score (nSPS) is 18.2. The maximum Gasteiger partial charge on any atom is 0.129 e. The number of aliphatic imine (C=N–C) groups is 1. The monoisotopic (exact) mass is 441 g/mol. The molecule has 0 spiro atoms. The van der Waals surface area contributed by atoms with Gasteiger partial charge < -0.3 is 19.3 Å². The second-order valence-electron chi connectivity index (χ2n) is 8.54. The summed E-state index contributed by atoms with van der Waals surface area (Å²) in [6.45, 7) is 7.22. The van der Waals surface area contributed by atoms with Crippen LogP contribution < -0.4 is 9.80 Å². The number of pyridine rings is 2. The van der Waals surface area contributed by atoms with Crippen LogP contribution in [0.5, 0.6) is 0 Å². The van der Waals surface area contributed by atoms with Crippen LogP contribution in [0.2, 0.25) is 0 Å². The molecule has 3 aliphatic rings. The molecule has 7 heteroatoms. The molecule has 0 radical (unpaired) electrons. The molecule has 0 aliphatic carbocycles. The van der Waals surface area contributed by atoms with Crippen LogP contribution in [0.3, 0.4) is 0 Å². The van der Waals surface area contributed by atoms with Crippen LogP contribution in [-0.4, -0.2) is 68.3 Å². The van der Waals surface area contributed by atoms with Crippen molar-refractivity contribution in [1.29, 1.82) is 0 Å². The second-order valence-corrected chi connectivity index (χ2v) is 8.54. The molecule has 2 fully saturated rings. The van der Waals surface area contributed by atoms with Crippen molar-refractivity contribution < 1.29 is 9.47 Å². The van der Waals surface area contributed by atoms with Gasteiger partial charge in [-0.3, -0.25) is 4.99 Å². The van der Waals surface area contributed by atoms with Gasteiger partial charge in [0, 0.05) is 49.7 Å². The van der Waals surface area contributed by atoms with Crippen LogP contribution in [0.4, 0.5) is 11.6 Å². The van der Waals surface area contributed by atoms with Gasteiger partial charge in [-0.2, -0.15) is 0 Å². The number of aromatic nitrogens is 2. The highest BCUT2D eigenvalue weighted by atomic mass is 16.5. The predicted octanol–water partition coefficient (Wildman–Crippen LogP) is 3.17. The van der Waals surface area contributed by atoms with Gasteiger partial charge in [-0.25, -0.2) is 9.97 Å². The van der Waals surface area contributed by atoms with Crippen molar-refractivity contribution in [2.24, 2.45) is 4.99 Å². The van der Waals surface area contributed by atoms with Crippen molar-refractivity contribution >= 4 is 17.3 Å². The Balaban J connectivity index is 1.30. The zero-order valence-corrected chi connectivity index (χ0v) is 18.6. The summed E-state index contributed by atoms with van der Waals surface area (Å²) < 4.78 is 11.0. The standard InChI is InChI=1S/C26H27N5O2/c1-2-22-18-29-26(21-4-6-28-25(17-21)31-9-13-33-14-10-31)23(22)15-19(1)20-3-5-27-24(16-20)30-7-11-32-12-8-30/h1-6,15-17H,7-14,18H2. The molecule has 0 saturated carbocycles. The van der Waals surface area contributed by atoms with Gasteiger partial charge in [-0.05, 0) is 47.0 Å². The Morgan fingerprint density at radius 3 is 1.88 bits per heavy atom. The second kappa shape index (κ2) is 8.92. The summed E-state index contributed by atoms with van der Waals surface area (Å²) in [6, 6.07) is 15.2. The molecule has 7 nitrogen and oxygen atoms in total. The smallest absolute Gasteiger partial charge is 0.129 e. The van der Waals surface area contributed by atoms with Crippen LogP contribution >= 0.6 is 0 Å². The SMILES string of the molecule is c1cc(C2=NCc3ccc(-c4ccnc(N5CCOCC5)c4)cc32)cc(N2CCOCC2)n1. The third-order valence-electron chi connectivity index (χ3n) is 6.54. The quantitative estimate of drug-likeness (QED) is 0.620. The molecular weight excluding hydrogens is 414 g/mol. The van der Waals surface area contributed by atoms with Crippen LogP contribution in [0, 0.1) is 0 Å². The Bertz CT molecular complexity index is 1180. The van der Waals surface area contributed by atoms with Gasteiger partial charge in [0.2, 0.25) is 0 Å². The van der Waals surface area contributed by atoms with E-state index in [4.69, 9.17) is 14.5 Å². The molecule has 2 aromatic heterocycles. The Hall–Kier alpha value is -3.29. The van der Waals surface area contributed by atoms with Crippen LogP contribution in [0.15, 0.2) is 59.9 Å². The fourth-order valence-electron chi connectivity index (χ4n) is 4.70. The number of morpholine rings is 2. The Kier molecular flexibility index (Phi) is 5.49. The first-order chi connectivity index (χ1) is 16.3. The molecule has 0 atom stereocenters. The van der Waals surface area contributed by atoms with E-state index in [0.29, 0.717) is 0 Å². The van der Waals surface area contributed by atoms with E-state index in [0.717, 1.165) is 82.1 Å². The minimum absolute atomic E-state index is 0.718. The van der Waals surface area contributed by atoms with Crippen LogP contribution in [0.25, 0.3) is 11.1 Å². The molecule has 5 heterocycles. The lowest BCUT2D eigenvalue weighted by atomic mass is 9.96. The maximum absolute atomic E-state index is 5.49. The summed E-state index contributed by atoms with van der Waals surface area (Å²) >= 11 is 0. The zero-order valence-electron chi connectivity index (χ0n) is 18.6. The van der Waals surface area contributed by atoms with E-state index in [1.54, 1.807) is 0 Å². The number of ether oxygens (including phenoxy) is 2. The summed E-state index contributed by atoms with van der Waals surface area (Å²) in [4.78, 5) is 18.7. The number of nitrogens with zero attached hydrogens (tertiary/aromatic N) is 5. The summed E-state index contributed by atoms with van der Waals surface area (Å²) in [5, 5.41) is 0. The zero-order chi connectivity index (χ0) is 22.0. The van der Waals surface area contributed by atoms with E-state index in [9.17, 15) is 0 Å². The summed E-state index contributed by atoms with van der Waals surface area (Å²) in [5.74, 6) is 2.00. The van der Waals surface area contributed by atoms with Crippen molar-refractivity contribution in [3.8, 4) is 11.1 Å². The molecule has 0 bridgehead atoms. The van der Waals surface area contributed by atoms with E-state index in [1.807, 2.05) is 12.4 Å². The number of rotatable bonds is 4. The highest BCUT2D eigenvalue weighted by Gasteiger charge is 2.21. The first-order valence-electron chi connectivity index (χ1n) is 11.6. The Labute approximate surface area is 193 Å². The molecule has 3 aliphatic heterocycles. The molecule has 0 unspecified atom stereocenters. The van der Waals surface area contributed by atoms with Gasteiger partial charge >= 0.3 is 0 Å². The van der Waals surface area contributed by atoms with Crippen molar-refractivity contribution in [3.05, 3.63) is 71.5 Å². The van der Waals surface area contributed by atoms with Gasteiger partial charge in [0.1, 0.15) is 11.6 Å². The van der Waals surface area contributed by atoms with E-state index in [1.165, 1.54) is 22.3 Å². The van der Waals surface area contributed by atoms with Gasteiger partial charge in [0.05, 0.1) is 38.7 Å². The number of anilines is 2. The van der Waals surface area contributed by atoms with E-state index >= 15 is 0 Å². The van der Waals surface area contributed by atoms with Crippen LogP contribution in [-0.2, 0) is 16.0 Å². The van der Waals surface area contributed by atoms with Crippen molar-refractivity contribution in [3.63, 3.8) is 0 Å². The lowest BCUT2D eigenvalue weighted by Crippen LogP contribution is -2.36. The van der Waals surface area contributed by atoms with Gasteiger partial charge in [0.25, 0.3) is 0 Å². The van der Waals surface area contributed by atoms with Gasteiger partial charge in [-0.15, -0.1) is 0 Å². The molecule has 33 heavy (non-hydrogen) atoms. The van der Waals surface area contributed by atoms with Crippen molar-refractivity contribution in [2.75, 3.05) is 62.4 Å². The highest BCUT2D eigenvalue weighted by molar-refractivity contribution is 6.15. The third-order valence-corrected chi connectivity index (χ3v) is 6.54. The Morgan fingerprint density at radius 1 is 0.636 bits per heavy atom. The van der Waals surface area contributed by atoms with Crippen LogP contribution in [0.1, 0.15) is 16.7 Å². The molecule has 0 N–H and O–H groups in total. The first-order valence-corrected chi connectivity index (χ1v) is 11.6. The predicted molar refractivity (Wildman–Crippen MR) is 129 cm³/mol. The fraction of sp³-hybridized carbons (Fsp3) is 0.346. The fourth-order valence-corrected chi connectivity index (χ4v) is 4.70. The lowest BCUT2D eigenvalue weighted by molar-refractivity contribution is 0.122. The molecular formula is C26H27N5O2. The molecule has 6 rings (SSSR count). The molecule has 1 aromatic carbocycles. The van der Waals surface area contributed by atoms with E-state index in [-0.39, 0.29) is 0 Å². The third kappa shape index (κ3) is 4.10. The molecule has 0 amide bonds. The average molecular weight is 442 g/mol. The van der Waals surface area contributed by atoms with E-state index in [2.05, 4.69) is 62.2 Å². The summed E-state index contributed by atoms with van der Waals surface area (Å²) in [7, 11) is 0. The van der Waals surface area contributed by atoms with Crippen molar-refractivity contribution in [2.45, 2.75) is 6.54 Å². The maximum atomic E-state index is 5.49. The molecule has 168 valence electrons. The van der Waals surface area contributed by atoms with E-state index < -0.39 is 0 Å². The van der Waals surface area contributed by atoms with Crippen molar-refractivity contribution in [1.82, 2.24) is 9.97 Å². The highest BCUT2D eigenvalue weighted by Crippen LogP contribution is 2.30. The number of hydrogen-bond acceptors (Lipinski definition) is 7. The summed E-state index contributed by atoms with van der Waals surface area (Å²) in [6.07, 6.45) is 3.79.